The first-order valence-electron chi connectivity index (χ1n) is 5.22. The normalized spacial score (nSPS) is 11.6. The van der Waals surface area contributed by atoms with E-state index in [9.17, 15) is 0 Å². The predicted octanol–water partition coefficient (Wildman–Crippen LogP) is 3.35. The summed E-state index contributed by atoms with van der Waals surface area (Å²) < 4.78 is 2.76. The molecule has 94 valence electrons. The van der Waals surface area contributed by atoms with E-state index in [1.165, 1.54) is 7.11 Å². The van der Waals surface area contributed by atoms with Crippen molar-refractivity contribution in [2.45, 2.75) is 6.54 Å². The molecule has 0 aliphatic rings. The summed E-state index contributed by atoms with van der Waals surface area (Å²) in [6.07, 6.45) is 5.32. The van der Waals surface area contributed by atoms with E-state index in [-0.39, 0.29) is 0 Å². The lowest BCUT2D eigenvalue weighted by atomic mass is 10.1. The van der Waals surface area contributed by atoms with E-state index < -0.39 is 0 Å². The van der Waals surface area contributed by atoms with Crippen molar-refractivity contribution in [3.8, 4) is 0 Å². The fourth-order valence-corrected chi connectivity index (χ4v) is 1.94. The Hall–Kier alpha value is -1.33. The van der Waals surface area contributed by atoms with E-state index in [4.69, 9.17) is 16.4 Å². The lowest BCUT2D eigenvalue weighted by Crippen LogP contribution is -2.11. The molecule has 1 heterocycles. The lowest BCUT2D eigenvalue weighted by Gasteiger charge is -2.08. The summed E-state index contributed by atoms with van der Waals surface area (Å²) in [5, 5.41) is 4.67. The predicted molar refractivity (Wildman–Crippen MR) is 74.9 cm³/mol. The fourth-order valence-electron chi connectivity index (χ4n) is 1.51. The number of nitrogens with zero attached hydrogens (tertiary/aromatic N) is 3. The van der Waals surface area contributed by atoms with Crippen LogP contribution in [-0.2, 0) is 11.4 Å². The minimum atomic E-state index is 0.575. The number of hydrogen-bond acceptors (Lipinski definition) is 3. The third kappa shape index (κ3) is 3.11. The van der Waals surface area contributed by atoms with E-state index in [0.717, 1.165) is 15.7 Å². The van der Waals surface area contributed by atoms with Crippen LogP contribution in [0, 0.1) is 0 Å². The third-order valence-electron chi connectivity index (χ3n) is 2.35. The van der Waals surface area contributed by atoms with Gasteiger partial charge in [-0.1, -0.05) is 22.8 Å². The summed E-state index contributed by atoms with van der Waals surface area (Å²) in [6, 6.07) is 5.67. The number of benzene rings is 1. The van der Waals surface area contributed by atoms with Gasteiger partial charge >= 0.3 is 0 Å². The first kappa shape index (κ1) is 13.1. The molecule has 0 bridgehead atoms. The monoisotopic (exact) mass is 327 g/mol. The number of aromatic nitrogens is 2. The molecule has 0 atom stereocenters. The van der Waals surface area contributed by atoms with E-state index in [2.05, 4.69) is 26.1 Å². The zero-order chi connectivity index (χ0) is 13.0. The summed E-state index contributed by atoms with van der Waals surface area (Å²) in [5.41, 5.74) is 1.70. The summed E-state index contributed by atoms with van der Waals surface area (Å²) >= 11 is 9.44. The van der Waals surface area contributed by atoms with Crippen molar-refractivity contribution in [3.63, 3.8) is 0 Å². The molecule has 0 saturated carbocycles. The SMILES string of the molecule is CO/N=C(\Cn1ccnc1)c1ccc(Br)c(Cl)c1. The zero-order valence-corrected chi connectivity index (χ0v) is 12.0. The number of halogens is 2. The Kier molecular flexibility index (Phi) is 4.38. The number of oxime groups is 1. The van der Waals surface area contributed by atoms with Crippen LogP contribution in [0.25, 0.3) is 0 Å². The van der Waals surface area contributed by atoms with Crippen molar-refractivity contribution < 1.29 is 4.84 Å². The zero-order valence-electron chi connectivity index (χ0n) is 9.68. The molecule has 0 fully saturated rings. The smallest absolute Gasteiger partial charge is 0.107 e. The molecular formula is C12H11BrClN3O. The van der Waals surface area contributed by atoms with E-state index in [1.807, 2.05) is 29.0 Å². The van der Waals surface area contributed by atoms with Crippen LogP contribution in [-0.4, -0.2) is 22.4 Å². The fraction of sp³-hybridized carbons (Fsp3) is 0.167. The van der Waals surface area contributed by atoms with Crippen LogP contribution in [0.4, 0.5) is 0 Å². The lowest BCUT2D eigenvalue weighted by molar-refractivity contribution is 0.212. The van der Waals surface area contributed by atoms with Gasteiger partial charge < -0.3 is 9.40 Å². The van der Waals surface area contributed by atoms with Gasteiger partial charge in [-0.3, -0.25) is 0 Å². The maximum Gasteiger partial charge on any atom is 0.107 e. The van der Waals surface area contributed by atoms with Crippen LogP contribution in [0.3, 0.4) is 0 Å². The van der Waals surface area contributed by atoms with Crippen LogP contribution in [0.5, 0.6) is 0 Å². The van der Waals surface area contributed by atoms with Crippen molar-refractivity contribution in [2.24, 2.45) is 5.16 Å². The van der Waals surface area contributed by atoms with Crippen LogP contribution in [0.2, 0.25) is 5.02 Å². The highest BCUT2D eigenvalue weighted by Gasteiger charge is 2.08. The molecule has 18 heavy (non-hydrogen) atoms. The van der Waals surface area contributed by atoms with E-state index >= 15 is 0 Å². The third-order valence-corrected chi connectivity index (χ3v) is 3.58. The highest BCUT2D eigenvalue weighted by molar-refractivity contribution is 9.10. The molecule has 0 saturated heterocycles. The van der Waals surface area contributed by atoms with Gasteiger partial charge in [0.2, 0.25) is 0 Å². The first-order chi connectivity index (χ1) is 8.70. The summed E-state index contributed by atoms with van der Waals surface area (Å²) in [6.45, 7) is 0.575. The van der Waals surface area contributed by atoms with Gasteiger partial charge in [0.1, 0.15) is 12.8 Å². The van der Waals surface area contributed by atoms with Gasteiger partial charge in [-0.05, 0) is 28.1 Å². The maximum absolute atomic E-state index is 6.08. The van der Waals surface area contributed by atoms with Gasteiger partial charge in [0.15, 0.2) is 0 Å². The van der Waals surface area contributed by atoms with Gasteiger partial charge in [-0.25, -0.2) is 4.98 Å². The Morgan fingerprint density at radius 1 is 1.56 bits per heavy atom. The molecule has 1 aromatic heterocycles. The van der Waals surface area contributed by atoms with Crippen molar-refractivity contribution >= 4 is 33.2 Å². The van der Waals surface area contributed by atoms with E-state index in [1.54, 1.807) is 12.5 Å². The molecular weight excluding hydrogens is 318 g/mol. The van der Waals surface area contributed by atoms with Gasteiger partial charge in [0, 0.05) is 22.4 Å². The van der Waals surface area contributed by atoms with Gasteiger partial charge in [0.25, 0.3) is 0 Å². The molecule has 0 aliphatic carbocycles. The summed E-state index contributed by atoms with van der Waals surface area (Å²) in [5.74, 6) is 0. The molecule has 0 radical (unpaired) electrons. The molecule has 1 aromatic carbocycles. The van der Waals surface area contributed by atoms with Crippen molar-refractivity contribution in [1.82, 2.24) is 9.55 Å². The van der Waals surface area contributed by atoms with Crippen LogP contribution >= 0.6 is 27.5 Å². The average molecular weight is 329 g/mol. The van der Waals surface area contributed by atoms with Crippen molar-refractivity contribution in [1.29, 1.82) is 0 Å². The highest BCUT2D eigenvalue weighted by atomic mass is 79.9. The van der Waals surface area contributed by atoms with Crippen LogP contribution < -0.4 is 0 Å². The molecule has 4 nitrogen and oxygen atoms in total. The second-order valence-electron chi connectivity index (χ2n) is 3.58. The minimum Gasteiger partial charge on any atom is -0.399 e. The standard InChI is InChI=1S/C12H11BrClN3O/c1-18-16-12(7-17-5-4-15-8-17)9-2-3-10(13)11(14)6-9/h2-6,8H,7H2,1H3/b16-12+. The largest absolute Gasteiger partial charge is 0.399 e. The topological polar surface area (TPSA) is 39.4 Å². The Labute approximate surface area is 118 Å². The van der Waals surface area contributed by atoms with Crippen molar-refractivity contribution in [2.75, 3.05) is 7.11 Å². The summed E-state index contributed by atoms with van der Waals surface area (Å²) in [4.78, 5) is 8.87. The van der Waals surface area contributed by atoms with Crippen LogP contribution in [0.15, 0.2) is 46.5 Å². The Bertz CT molecular complexity index is 554. The van der Waals surface area contributed by atoms with Gasteiger partial charge in [-0.2, -0.15) is 0 Å². The molecule has 0 aliphatic heterocycles. The molecule has 0 N–H and O–H groups in total. The number of imidazole rings is 1. The molecule has 0 amide bonds. The second kappa shape index (κ2) is 6.02. The quantitative estimate of drug-likeness (QED) is 0.638. The molecule has 2 aromatic rings. The first-order valence-corrected chi connectivity index (χ1v) is 6.39. The minimum absolute atomic E-state index is 0.575. The maximum atomic E-state index is 6.08. The molecule has 0 unspecified atom stereocenters. The Morgan fingerprint density at radius 2 is 2.39 bits per heavy atom. The van der Waals surface area contributed by atoms with Crippen molar-refractivity contribution in [3.05, 3.63) is 52.0 Å². The Morgan fingerprint density at radius 3 is 3.00 bits per heavy atom. The average Bonchev–Trinajstić information content (AvgIpc) is 2.85. The van der Waals surface area contributed by atoms with Crippen LogP contribution in [0.1, 0.15) is 5.56 Å². The molecule has 6 heteroatoms. The second-order valence-corrected chi connectivity index (χ2v) is 4.85. The van der Waals surface area contributed by atoms with Gasteiger partial charge in [0.05, 0.1) is 17.9 Å². The molecule has 0 spiro atoms. The Balaban J connectivity index is 2.30. The van der Waals surface area contributed by atoms with E-state index in [0.29, 0.717) is 11.6 Å². The summed E-state index contributed by atoms with van der Waals surface area (Å²) in [7, 11) is 1.52. The number of hydrogen-bond donors (Lipinski definition) is 0. The number of rotatable bonds is 4. The highest BCUT2D eigenvalue weighted by Crippen LogP contribution is 2.23. The van der Waals surface area contributed by atoms with Gasteiger partial charge in [-0.15, -0.1) is 0 Å². The molecule has 2 rings (SSSR count).